The van der Waals surface area contributed by atoms with E-state index in [4.69, 9.17) is 0 Å². The second-order valence-electron chi connectivity index (χ2n) is 5.33. The van der Waals surface area contributed by atoms with Crippen LogP contribution in [0.2, 0.25) is 0 Å². The lowest BCUT2D eigenvalue weighted by Crippen LogP contribution is -2.51. The van der Waals surface area contributed by atoms with Gasteiger partial charge in [0.25, 0.3) is 0 Å². The standard InChI is InChI=1S/C15H15N3O/c1-9-11-7-18(15(19)17(9)2)8-13-14(11)10-5-3-4-6-12(10)16-13/h3-6,11,16H,1,7-8H2,2H3. The Morgan fingerprint density at radius 2 is 2.16 bits per heavy atom. The van der Waals surface area contributed by atoms with Crippen LogP contribution in [0.3, 0.4) is 0 Å². The molecule has 1 unspecified atom stereocenters. The summed E-state index contributed by atoms with van der Waals surface area (Å²) in [6, 6.07) is 8.36. The molecule has 1 saturated heterocycles. The number of aromatic amines is 1. The zero-order chi connectivity index (χ0) is 13.1. The Hall–Kier alpha value is -2.23. The molecular formula is C15H15N3O. The molecule has 0 spiro atoms. The van der Waals surface area contributed by atoms with E-state index in [-0.39, 0.29) is 11.9 Å². The van der Waals surface area contributed by atoms with Crippen LogP contribution in [0.1, 0.15) is 17.2 Å². The predicted molar refractivity (Wildman–Crippen MR) is 73.7 cm³/mol. The summed E-state index contributed by atoms with van der Waals surface area (Å²) in [7, 11) is 1.81. The van der Waals surface area contributed by atoms with Crippen LogP contribution in [-0.2, 0) is 6.54 Å². The molecule has 2 bridgehead atoms. The SMILES string of the molecule is C=C1C2CN(Cc3[nH]c4ccccc4c32)C(=O)N1C. The van der Waals surface area contributed by atoms with E-state index in [1.807, 2.05) is 18.0 Å². The van der Waals surface area contributed by atoms with Gasteiger partial charge in [-0.1, -0.05) is 24.8 Å². The first kappa shape index (κ1) is 10.7. The maximum atomic E-state index is 12.1. The third kappa shape index (κ3) is 1.26. The molecule has 0 radical (unpaired) electrons. The number of benzene rings is 1. The number of carbonyl (C=O) groups excluding carboxylic acids is 1. The lowest BCUT2D eigenvalue weighted by Gasteiger charge is -2.43. The van der Waals surface area contributed by atoms with Gasteiger partial charge in [0.05, 0.1) is 6.54 Å². The number of amides is 2. The van der Waals surface area contributed by atoms with Crippen LogP contribution in [-0.4, -0.2) is 34.4 Å². The molecule has 2 aliphatic rings. The van der Waals surface area contributed by atoms with E-state index >= 15 is 0 Å². The van der Waals surface area contributed by atoms with Gasteiger partial charge in [0.2, 0.25) is 0 Å². The second kappa shape index (κ2) is 3.41. The van der Waals surface area contributed by atoms with Crippen molar-refractivity contribution in [1.82, 2.24) is 14.8 Å². The number of rotatable bonds is 0. The van der Waals surface area contributed by atoms with Crippen molar-refractivity contribution in [2.75, 3.05) is 13.6 Å². The number of carbonyl (C=O) groups is 1. The molecule has 1 N–H and O–H groups in total. The Bertz CT molecular complexity index is 715. The first-order valence-corrected chi connectivity index (χ1v) is 6.47. The minimum atomic E-state index is 0.0468. The monoisotopic (exact) mass is 253 g/mol. The van der Waals surface area contributed by atoms with E-state index in [1.54, 1.807) is 4.90 Å². The Balaban J connectivity index is 1.98. The van der Waals surface area contributed by atoms with Crippen LogP contribution >= 0.6 is 0 Å². The molecule has 96 valence electrons. The molecule has 1 fully saturated rings. The first-order valence-electron chi connectivity index (χ1n) is 6.47. The lowest BCUT2D eigenvalue weighted by molar-refractivity contribution is 0.141. The highest BCUT2D eigenvalue weighted by Gasteiger charge is 2.40. The van der Waals surface area contributed by atoms with Gasteiger partial charge in [-0.3, -0.25) is 0 Å². The van der Waals surface area contributed by atoms with Gasteiger partial charge in [-0.25, -0.2) is 4.79 Å². The van der Waals surface area contributed by atoms with Gasteiger partial charge in [0.1, 0.15) is 0 Å². The number of fused-ring (bicyclic) bond motifs is 6. The largest absolute Gasteiger partial charge is 0.357 e. The summed E-state index contributed by atoms with van der Waals surface area (Å²) in [5.41, 5.74) is 4.51. The van der Waals surface area contributed by atoms with Crippen molar-refractivity contribution in [1.29, 1.82) is 0 Å². The molecule has 2 aliphatic heterocycles. The highest BCUT2D eigenvalue weighted by molar-refractivity contribution is 5.88. The van der Waals surface area contributed by atoms with Crippen molar-refractivity contribution in [3.8, 4) is 0 Å². The van der Waals surface area contributed by atoms with Gasteiger partial charge in [-0.15, -0.1) is 0 Å². The number of aromatic nitrogens is 1. The predicted octanol–water partition coefficient (Wildman–Crippen LogP) is 2.65. The van der Waals surface area contributed by atoms with Crippen LogP contribution in [0.4, 0.5) is 4.79 Å². The fraction of sp³-hybridized carbons (Fsp3) is 0.267. The Morgan fingerprint density at radius 1 is 1.37 bits per heavy atom. The van der Waals surface area contributed by atoms with E-state index < -0.39 is 0 Å². The third-order valence-corrected chi connectivity index (χ3v) is 4.32. The van der Waals surface area contributed by atoms with Crippen molar-refractivity contribution in [3.05, 3.63) is 47.8 Å². The van der Waals surface area contributed by atoms with Gasteiger partial charge in [0, 0.05) is 41.8 Å². The van der Waals surface area contributed by atoms with Crippen LogP contribution in [0.25, 0.3) is 10.9 Å². The molecule has 1 atom stereocenters. The smallest absolute Gasteiger partial charge is 0.324 e. The summed E-state index contributed by atoms with van der Waals surface area (Å²) in [5, 5.41) is 1.26. The summed E-state index contributed by atoms with van der Waals surface area (Å²) in [4.78, 5) is 19.2. The quantitative estimate of drug-likeness (QED) is 0.770. The van der Waals surface area contributed by atoms with E-state index in [1.165, 1.54) is 10.9 Å². The average molecular weight is 253 g/mol. The fourth-order valence-corrected chi connectivity index (χ4v) is 3.30. The van der Waals surface area contributed by atoms with Gasteiger partial charge < -0.3 is 14.8 Å². The highest BCUT2D eigenvalue weighted by Crippen LogP contribution is 2.41. The molecular weight excluding hydrogens is 238 g/mol. The van der Waals surface area contributed by atoms with Crippen molar-refractivity contribution < 1.29 is 4.79 Å². The van der Waals surface area contributed by atoms with Crippen LogP contribution in [0.15, 0.2) is 36.5 Å². The van der Waals surface area contributed by atoms with Crippen molar-refractivity contribution >= 4 is 16.9 Å². The number of likely N-dealkylation sites (N-methyl/N-ethyl adjacent to an activating group) is 1. The number of para-hydroxylation sites is 1. The summed E-state index contributed by atoms with van der Waals surface area (Å²) >= 11 is 0. The van der Waals surface area contributed by atoms with Crippen LogP contribution < -0.4 is 0 Å². The van der Waals surface area contributed by atoms with Gasteiger partial charge in [0.15, 0.2) is 0 Å². The number of hydrogen-bond acceptors (Lipinski definition) is 1. The zero-order valence-corrected chi connectivity index (χ0v) is 10.8. The fourth-order valence-electron chi connectivity index (χ4n) is 3.30. The van der Waals surface area contributed by atoms with Gasteiger partial charge >= 0.3 is 6.03 Å². The molecule has 0 saturated carbocycles. The van der Waals surface area contributed by atoms with Crippen LogP contribution in [0.5, 0.6) is 0 Å². The van der Waals surface area contributed by atoms with Crippen molar-refractivity contribution in [2.24, 2.45) is 0 Å². The van der Waals surface area contributed by atoms with E-state index in [0.29, 0.717) is 6.54 Å². The van der Waals surface area contributed by atoms with Crippen molar-refractivity contribution in [2.45, 2.75) is 12.5 Å². The van der Waals surface area contributed by atoms with E-state index in [9.17, 15) is 4.79 Å². The molecule has 1 aromatic heterocycles. The Morgan fingerprint density at radius 3 is 3.00 bits per heavy atom. The molecule has 4 heteroatoms. The van der Waals surface area contributed by atoms with Crippen molar-refractivity contribution in [3.63, 3.8) is 0 Å². The molecule has 3 heterocycles. The second-order valence-corrected chi connectivity index (χ2v) is 5.33. The zero-order valence-electron chi connectivity index (χ0n) is 10.8. The highest BCUT2D eigenvalue weighted by atomic mass is 16.2. The van der Waals surface area contributed by atoms with E-state index in [0.717, 1.165) is 23.5 Å². The molecule has 2 aromatic rings. The molecule has 0 aliphatic carbocycles. The summed E-state index contributed by atoms with van der Waals surface area (Å²) in [6.45, 7) is 5.53. The number of nitrogens with one attached hydrogen (secondary N) is 1. The lowest BCUT2D eigenvalue weighted by atomic mass is 9.87. The third-order valence-electron chi connectivity index (χ3n) is 4.32. The number of H-pyrrole nitrogens is 1. The minimum absolute atomic E-state index is 0.0468. The Labute approximate surface area is 111 Å². The molecule has 19 heavy (non-hydrogen) atoms. The normalized spacial score (nSPS) is 22.1. The van der Waals surface area contributed by atoms with E-state index in [2.05, 4.69) is 29.8 Å². The number of urea groups is 1. The maximum absolute atomic E-state index is 12.1. The van der Waals surface area contributed by atoms with Crippen LogP contribution in [0, 0.1) is 0 Å². The molecule has 2 amide bonds. The molecule has 4 nitrogen and oxygen atoms in total. The average Bonchev–Trinajstić information content (AvgIpc) is 2.80. The summed E-state index contributed by atoms with van der Waals surface area (Å²) in [5.74, 6) is 0.211. The minimum Gasteiger partial charge on any atom is -0.357 e. The number of hydrogen-bond donors (Lipinski definition) is 1. The molecule has 4 rings (SSSR count). The topological polar surface area (TPSA) is 39.3 Å². The summed E-state index contributed by atoms with van der Waals surface area (Å²) in [6.07, 6.45) is 0. The first-order chi connectivity index (χ1) is 9.16. The molecule has 1 aromatic carbocycles. The summed E-state index contributed by atoms with van der Waals surface area (Å²) < 4.78 is 0. The van der Waals surface area contributed by atoms with Gasteiger partial charge in [-0.05, 0) is 11.6 Å². The van der Waals surface area contributed by atoms with Gasteiger partial charge in [-0.2, -0.15) is 0 Å². The maximum Gasteiger partial charge on any atom is 0.324 e. The number of nitrogens with zero attached hydrogens (tertiary/aromatic N) is 2. The Kier molecular flexibility index (Phi) is 1.91.